The van der Waals surface area contributed by atoms with Gasteiger partial charge in [-0.1, -0.05) is 12.1 Å². The second-order valence-electron chi connectivity index (χ2n) is 6.83. The molecular weight excluding hydrogens is 359 g/mol. The standard InChI is InChI=1S/C22H21FN2O3/c1-13-3-6-17(23)22-21(13)16(14(2)25-22)9-10-24-20(26)8-5-15-4-7-18-19(11-15)28-12-27-18/h3-8,11,25H,9-10,12H2,1-2H3,(H,24,26). The molecule has 0 unspecified atom stereocenters. The highest BCUT2D eigenvalue weighted by Crippen LogP contribution is 2.32. The Morgan fingerprint density at radius 1 is 1.21 bits per heavy atom. The number of carbonyl (C=O) groups is 1. The predicted molar refractivity (Wildman–Crippen MR) is 106 cm³/mol. The van der Waals surface area contributed by atoms with Gasteiger partial charge in [-0.25, -0.2) is 4.39 Å². The zero-order valence-corrected chi connectivity index (χ0v) is 15.8. The van der Waals surface area contributed by atoms with Gasteiger partial charge in [-0.2, -0.15) is 0 Å². The van der Waals surface area contributed by atoms with Crippen molar-refractivity contribution in [2.75, 3.05) is 13.3 Å². The first-order chi connectivity index (χ1) is 13.5. The van der Waals surface area contributed by atoms with Gasteiger partial charge in [-0.3, -0.25) is 4.79 Å². The number of H-pyrrole nitrogens is 1. The number of benzene rings is 2. The zero-order chi connectivity index (χ0) is 19.7. The van der Waals surface area contributed by atoms with Crippen molar-refractivity contribution in [3.8, 4) is 11.5 Å². The fourth-order valence-corrected chi connectivity index (χ4v) is 3.51. The van der Waals surface area contributed by atoms with E-state index in [9.17, 15) is 9.18 Å². The third kappa shape index (κ3) is 3.45. The van der Waals surface area contributed by atoms with Gasteiger partial charge < -0.3 is 19.8 Å². The minimum atomic E-state index is -0.259. The molecule has 5 nitrogen and oxygen atoms in total. The second kappa shape index (κ2) is 7.38. The minimum absolute atomic E-state index is 0.182. The molecule has 1 aliphatic heterocycles. The third-order valence-electron chi connectivity index (χ3n) is 4.93. The van der Waals surface area contributed by atoms with Crippen molar-refractivity contribution in [2.45, 2.75) is 20.3 Å². The first-order valence-corrected chi connectivity index (χ1v) is 9.15. The molecule has 1 aromatic heterocycles. The lowest BCUT2D eigenvalue weighted by Gasteiger charge is -2.05. The van der Waals surface area contributed by atoms with E-state index in [4.69, 9.17) is 9.47 Å². The van der Waals surface area contributed by atoms with Crippen molar-refractivity contribution in [1.29, 1.82) is 0 Å². The number of amides is 1. The molecule has 0 bridgehead atoms. The van der Waals surface area contributed by atoms with Crippen LogP contribution >= 0.6 is 0 Å². The first kappa shape index (κ1) is 18.1. The summed E-state index contributed by atoms with van der Waals surface area (Å²) in [6.45, 7) is 4.58. The van der Waals surface area contributed by atoms with E-state index >= 15 is 0 Å². The van der Waals surface area contributed by atoms with Gasteiger partial charge in [-0.05, 0) is 61.2 Å². The number of halogens is 1. The highest BCUT2D eigenvalue weighted by molar-refractivity contribution is 5.92. The third-order valence-corrected chi connectivity index (χ3v) is 4.93. The summed E-state index contributed by atoms with van der Waals surface area (Å²) < 4.78 is 24.6. The maximum Gasteiger partial charge on any atom is 0.244 e. The monoisotopic (exact) mass is 380 g/mol. The van der Waals surface area contributed by atoms with Gasteiger partial charge >= 0.3 is 0 Å². The van der Waals surface area contributed by atoms with E-state index in [-0.39, 0.29) is 18.5 Å². The number of hydrogen-bond donors (Lipinski definition) is 2. The van der Waals surface area contributed by atoms with Crippen LogP contribution in [-0.4, -0.2) is 24.2 Å². The molecule has 1 aliphatic rings. The molecule has 2 aromatic carbocycles. The SMILES string of the molecule is Cc1[nH]c2c(F)ccc(C)c2c1CCNC(=O)C=Cc1ccc2c(c1)OCO2. The van der Waals surface area contributed by atoms with Crippen LogP contribution in [0.2, 0.25) is 0 Å². The molecule has 144 valence electrons. The van der Waals surface area contributed by atoms with Crippen LogP contribution in [-0.2, 0) is 11.2 Å². The quantitative estimate of drug-likeness (QED) is 0.657. The van der Waals surface area contributed by atoms with Crippen molar-refractivity contribution in [2.24, 2.45) is 0 Å². The average Bonchev–Trinajstić information content (AvgIpc) is 3.28. The Morgan fingerprint density at radius 2 is 2.04 bits per heavy atom. The Balaban J connectivity index is 1.39. The van der Waals surface area contributed by atoms with Crippen molar-refractivity contribution < 1.29 is 18.7 Å². The maximum absolute atomic E-state index is 14.0. The summed E-state index contributed by atoms with van der Waals surface area (Å²) in [5.41, 5.74) is 4.37. The maximum atomic E-state index is 14.0. The van der Waals surface area contributed by atoms with Crippen molar-refractivity contribution >= 4 is 22.9 Å². The van der Waals surface area contributed by atoms with E-state index in [0.29, 0.717) is 30.0 Å². The Hall–Kier alpha value is -3.28. The van der Waals surface area contributed by atoms with E-state index in [2.05, 4.69) is 10.3 Å². The van der Waals surface area contributed by atoms with Crippen LogP contribution in [0.15, 0.2) is 36.4 Å². The second-order valence-corrected chi connectivity index (χ2v) is 6.83. The van der Waals surface area contributed by atoms with E-state index in [1.165, 1.54) is 12.1 Å². The Morgan fingerprint density at radius 3 is 2.89 bits per heavy atom. The first-order valence-electron chi connectivity index (χ1n) is 9.15. The lowest BCUT2D eigenvalue weighted by atomic mass is 10.0. The van der Waals surface area contributed by atoms with Gasteiger partial charge in [0.2, 0.25) is 12.7 Å². The highest BCUT2D eigenvalue weighted by atomic mass is 19.1. The lowest BCUT2D eigenvalue weighted by molar-refractivity contribution is -0.116. The van der Waals surface area contributed by atoms with Crippen LogP contribution in [0.4, 0.5) is 4.39 Å². The Kier molecular flexibility index (Phi) is 4.77. The molecule has 0 saturated carbocycles. The van der Waals surface area contributed by atoms with Gasteiger partial charge in [0.1, 0.15) is 5.82 Å². The molecule has 0 spiro atoms. The fraction of sp³-hybridized carbons (Fsp3) is 0.227. The fourth-order valence-electron chi connectivity index (χ4n) is 3.51. The van der Waals surface area contributed by atoms with Gasteiger partial charge in [-0.15, -0.1) is 0 Å². The molecule has 1 amide bonds. The molecule has 2 N–H and O–H groups in total. The smallest absolute Gasteiger partial charge is 0.244 e. The van der Waals surface area contributed by atoms with Gasteiger partial charge in [0.25, 0.3) is 0 Å². The highest BCUT2D eigenvalue weighted by Gasteiger charge is 2.14. The number of fused-ring (bicyclic) bond motifs is 2. The average molecular weight is 380 g/mol. The molecular formula is C22H21FN2O3. The summed E-state index contributed by atoms with van der Waals surface area (Å²) in [5, 5.41) is 3.79. The molecule has 3 aromatic rings. The van der Waals surface area contributed by atoms with Crippen LogP contribution < -0.4 is 14.8 Å². The normalized spacial score (nSPS) is 12.8. The van der Waals surface area contributed by atoms with Crippen molar-refractivity contribution in [3.63, 3.8) is 0 Å². The van der Waals surface area contributed by atoms with Crippen molar-refractivity contribution in [1.82, 2.24) is 10.3 Å². The molecule has 0 aliphatic carbocycles. The molecule has 2 heterocycles. The Bertz CT molecular complexity index is 1090. The van der Waals surface area contributed by atoms with Crippen molar-refractivity contribution in [3.05, 3.63) is 64.6 Å². The van der Waals surface area contributed by atoms with Crippen LogP contribution in [0.5, 0.6) is 11.5 Å². The molecule has 0 saturated heterocycles. The van der Waals surface area contributed by atoms with Gasteiger partial charge in [0.15, 0.2) is 11.5 Å². The zero-order valence-electron chi connectivity index (χ0n) is 15.8. The van der Waals surface area contributed by atoms with Gasteiger partial charge in [0.05, 0.1) is 5.52 Å². The molecule has 0 atom stereocenters. The van der Waals surface area contributed by atoms with Gasteiger partial charge in [0, 0.05) is 23.7 Å². The number of aromatic amines is 1. The van der Waals surface area contributed by atoms with E-state index in [0.717, 1.165) is 27.8 Å². The number of rotatable bonds is 5. The number of ether oxygens (including phenoxy) is 2. The largest absolute Gasteiger partial charge is 0.454 e. The van der Waals surface area contributed by atoms with E-state index < -0.39 is 0 Å². The van der Waals surface area contributed by atoms with Crippen LogP contribution in [0.3, 0.4) is 0 Å². The molecule has 0 fully saturated rings. The summed E-state index contributed by atoms with van der Waals surface area (Å²) in [6.07, 6.45) is 3.85. The Labute approximate surface area is 162 Å². The molecule has 28 heavy (non-hydrogen) atoms. The van der Waals surface area contributed by atoms with Crippen LogP contribution in [0.25, 0.3) is 17.0 Å². The summed E-state index contributed by atoms with van der Waals surface area (Å²) in [4.78, 5) is 15.2. The molecule has 6 heteroatoms. The predicted octanol–water partition coefficient (Wildman–Crippen LogP) is 4.02. The number of nitrogens with one attached hydrogen (secondary N) is 2. The summed E-state index contributed by atoms with van der Waals surface area (Å²) >= 11 is 0. The number of aromatic nitrogens is 1. The number of hydrogen-bond acceptors (Lipinski definition) is 3. The summed E-state index contributed by atoms with van der Waals surface area (Å²) in [7, 11) is 0. The topological polar surface area (TPSA) is 63.4 Å². The number of carbonyl (C=O) groups excluding carboxylic acids is 1. The summed E-state index contributed by atoms with van der Waals surface area (Å²) in [5.74, 6) is 0.950. The minimum Gasteiger partial charge on any atom is -0.454 e. The van der Waals surface area contributed by atoms with E-state index in [1.807, 2.05) is 32.0 Å². The molecule has 0 radical (unpaired) electrons. The van der Waals surface area contributed by atoms with Crippen LogP contribution in [0, 0.1) is 19.7 Å². The lowest BCUT2D eigenvalue weighted by Crippen LogP contribution is -2.23. The van der Waals surface area contributed by atoms with E-state index in [1.54, 1.807) is 12.1 Å². The number of aryl methyl sites for hydroxylation is 2. The summed E-state index contributed by atoms with van der Waals surface area (Å²) in [6, 6.07) is 8.77. The molecule has 4 rings (SSSR count). The van der Waals surface area contributed by atoms with Crippen LogP contribution in [0.1, 0.15) is 22.4 Å².